The molecule has 0 atom stereocenters. The zero-order chi connectivity index (χ0) is 17.7. The van der Waals surface area contributed by atoms with Crippen molar-refractivity contribution in [1.29, 1.82) is 0 Å². The summed E-state index contributed by atoms with van der Waals surface area (Å²) in [6.45, 7) is 8.41. The van der Waals surface area contributed by atoms with Crippen molar-refractivity contribution < 1.29 is 9.59 Å². The molecule has 1 aliphatic rings. The van der Waals surface area contributed by atoms with Crippen LogP contribution in [0.5, 0.6) is 0 Å². The van der Waals surface area contributed by atoms with Gasteiger partial charge in [0, 0.05) is 32.2 Å². The van der Waals surface area contributed by atoms with Crippen LogP contribution in [0, 0.1) is 5.41 Å². The number of hydrogen-bond donors (Lipinski definition) is 2. The Morgan fingerprint density at radius 3 is 2.58 bits per heavy atom. The summed E-state index contributed by atoms with van der Waals surface area (Å²) in [5.74, 6) is -0.126. The third-order valence-corrected chi connectivity index (χ3v) is 4.32. The van der Waals surface area contributed by atoms with Crippen molar-refractivity contribution >= 4 is 11.9 Å². The standard InChI is InChI=1S/C19H27N3O2/c1-19(2,3)16-8-10-22(11-9-16)18(24)21-13-14-6-5-7-15(12-14)17(23)20-4/h5-8,12H,9-11,13H2,1-4H3,(H,20,23)(H,21,24). The molecule has 0 radical (unpaired) electrons. The number of benzene rings is 1. The highest BCUT2D eigenvalue weighted by molar-refractivity contribution is 5.94. The van der Waals surface area contributed by atoms with Crippen LogP contribution < -0.4 is 10.6 Å². The van der Waals surface area contributed by atoms with Gasteiger partial charge in [-0.25, -0.2) is 4.79 Å². The van der Waals surface area contributed by atoms with Gasteiger partial charge in [-0.3, -0.25) is 4.79 Å². The van der Waals surface area contributed by atoms with Gasteiger partial charge in [0.15, 0.2) is 0 Å². The van der Waals surface area contributed by atoms with E-state index in [0.29, 0.717) is 18.7 Å². The number of urea groups is 1. The first-order valence-corrected chi connectivity index (χ1v) is 8.34. The fourth-order valence-corrected chi connectivity index (χ4v) is 2.79. The first-order valence-electron chi connectivity index (χ1n) is 8.34. The van der Waals surface area contributed by atoms with Gasteiger partial charge in [0.05, 0.1) is 0 Å². The average Bonchev–Trinajstić information content (AvgIpc) is 2.58. The summed E-state index contributed by atoms with van der Waals surface area (Å²) in [5.41, 5.74) is 3.08. The molecule has 5 nitrogen and oxygen atoms in total. The van der Waals surface area contributed by atoms with Crippen LogP contribution in [0.1, 0.15) is 43.1 Å². The highest BCUT2D eigenvalue weighted by atomic mass is 16.2. The molecule has 0 fully saturated rings. The summed E-state index contributed by atoms with van der Waals surface area (Å²) in [5, 5.41) is 5.53. The molecule has 0 unspecified atom stereocenters. The Hall–Kier alpha value is -2.30. The summed E-state index contributed by atoms with van der Waals surface area (Å²) in [6.07, 6.45) is 3.08. The Labute approximate surface area is 144 Å². The number of nitrogens with zero attached hydrogens (tertiary/aromatic N) is 1. The number of nitrogens with one attached hydrogen (secondary N) is 2. The molecular formula is C19H27N3O2. The van der Waals surface area contributed by atoms with Crippen LogP contribution in [0.15, 0.2) is 35.9 Å². The molecule has 0 aliphatic carbocycles. The summed E-state index contributed by atoms with van der Waals surface area (Å²) in [6, 6.07) is 7.22. The molecule has 0 bridgehead atoms. The zero-order valence-electron chi connectivity index (χ0n) is 15.0. The largest absolute Gasteiger partial charge is 0.355 e. The molecule has 2 N–H and O–H groups in total. The summed E-state index contributed by atoms with van der Waals surface area (Å²) >= 11 is 0. The van der Waals surface area contributed by atoms with Crippen LogP contribution in [0.25, 0.3) is 0 Å². The minimum atomic E-state index is -0.126. The van der Waals surface area contributed by atoms with E-state index >= 15 is 0 Å². The topological polar surface area (TPSA) is 61.4 Å². The van der Waals surface area contributed by atoms with E-state index in [-0.39, 0.29) is 17.4 Å². The van der Waals surface area contributed by atoms with Gasteiger partial charge in [0.1, 0.15) is 0 Å². The van der Waals surface area contributed by atoms with Gasteiger partial charge in [-0.1, -0.05) is 44.6 Å². The van der Waals surface area contributed by atoms with E-state index in [1.54, 1.807) is 19.2 Å². The first kappa shape index (κ1) is 18.0. The molecule has 1 aromatic rings. The molecule has 0 aromatic heterocycles. The van der Waals surface area contributed by atoms with Crippen LogP contribution in [-0.4, -0.2) is 37.0 Å². The summed E-state index contributed by atoms with van der Waals surface area (Å²) in [7, 11) is 1.60. The van der Waals surface area contributed by atoms with Gasteiger partial charge in [0.2, 0.25) is 0 Å². The predicted molar refractivity (Wildman–Crippen MR) is 95.8 cm³/mol. The van der Waals surface area contributed by atoms with Gasteiger partial charge in [-0.05, 0) is 29.5 Å². The fourth-order valence-electron chi connectivity index (χ4n) is 2.79. The molecule has 1 heterocycles. The van der Waals surface area contributed by atoms with Crippen molar-refractivity contribution in [2.24, 2.45) is 5.41 Å². The van der Waals surface area contributed by atoms with E-state index in [4.69, 9.17) is 0 Å². The Morgan fingerprint density at radius 1 is 1.25 bits per heavy atom. The quantitative estimate of drug-likeness (QED) is 0.838. The lowest BCUT2D eigenvalue weighted by Crippen LogP contribution is -2.42. The fraction of sp³-hybridized carbons (Fsp3) is 0.474. The van der Waals surface area contributed by atoms with Crippen LogP contribution in [0.3, 0.4) is 0 Å². The molecule has 0 spiro atoms. The van der Waals surface area contributed by atoms with Gasteiger partial charge < -0.3 is 15.5 Å². The molecule has 2 rings (SSSR count). The minimum absolute atomic E-state index is 0.0652. The molecule has 0 saturated carbocycles. The Morgan fingerprint density at radius 2 is 2.00 bits per heavy atom. The third-order valence-electron chi connectivity index (χ3n) is 4.32. The van der Waals surface area contributed by atoms with Crippen LogP contribution >= 0.6 is 0 Å². The molecule has 1 aromatic carbocycles. The van der Waals surface area contributed by atoms with E-state index < -0.39 is 0 Å². The molecule has 1 aliphatic heterocycles. The lowest BCUT2D eigenvalue weighted by Gasteiger charge is -2.32. The Balaban J connectivity index is 1.90. The maximum absolute atomic E-state index is 12.3. The number of carbonyl (C=O) groups excluding carboxylic acids is 2. The molecule has 5 heteroatoms. The van der Waals surface area contributed by atoms with Crippen molar-refractivity contribution in [1.82, 2.24) is 15.5 Å². The van der Waals surface area contributed by atoms with Gasteiger partial charge >= 0.3 is 6.03 Å². The van der Waals surface area contributed by atoms with Gasteiger partial charge in [0.25, 0.3) is 5.91 Å². The van der Waals surface area contributed by atoms with Crippen molar-refractivity contribution in [3.05, 3.63) is 47.0 Å². The lowest BCUT2D eigenvalue weighted by atomic mass is 9.83. The van der Waals surface area contributed by atoms with E-state index in [9.17, 15) is 9.59 Å². The second kappa shape index (κ2) is 7.51. The molecule has 24 heavy (non-hydrogen) atoms. The number of carbonyl (C=O) groups is 2. The third kappa shape index (κ3) is 4.60. The first-order chi connectivity index (χ1) is 11.3. The highest BCUT2D eigenvalue weighted by Gasteiger charge is 2.23. The van der Waals surface area contributed by atoms with E-state index in [1.165, 1.54) is 5.57 Å². The van der Waals surface area contributed by atoms with Crippen molar-refractivity contribution in [3.8, 4) is 0 Å². The maximum atomic E-state index is 12.3. The average molecular weight is 329 g/mol. The second-order valence-corrected chi connectivity index (χ2v) is 7.11. The Kier molecular flexibility index (Phi) is 5.65. The SMILES string of the molecule is CNC(=O)c1cccc(CNC(=O)N2CC=C(C(C)(C)C)CC2)c1. The van der Waals surface area contributed by atoms with Gasteiger partial charge in [-0.2, -0.15) is 0 Å². The number of amides is 3. The lowest BCUT2D eigenvalue weighted by molar-refractivity contribution is 0.0963. The van der Waals surface area contributed by atoms with Crippen LogP contribution in [-0.2, 0) is 6.54 Å². The molecule has 130 valence electrons. The van der Waals surface area contributed by atoms with E-state index in [0.717, 1.165) is 18.5 Å². The van der Waals surface area contributed by atoms with Crippen LogP contribution in [0.4, 0.5) is 4.79 Å². The van der Waals surface area contributed by atoms with Gasteiger partial charge in [-0.15, -0.1) is 0 Å². The smallest absolute Gasteiger partial charge is 0.317 e. The Bertz CT molecular complexity index is 644. The molecule has 0 saturated heterocycles. The van der Waals surface area contributed by atoms with E-state index in [1.807, 2.05) is 17.0 Å². The van der Waals surface area contributed by atoms with Crippen molar-refractivity contribution in [2.45, 2.75) is 33.7 Å². The zero-order valence-corrected chi connectivity index (χ0v) is 15.0. The summed E-state index contributed by atoms with van der Waals surface area (Å²) in [4.78, 5) is 25.8. The minimum Gasteiger partial charge on any atom is -0.355 e. The normalized spacial score (nSPS) is 14.8. The molecule has 3 amide bonds. The monoisotopic (exact) mass is 329 g/mol. The predicted octanol–water partition coefficient (Wildman–Crippen LogP) is 2.93. The number of hydrogen-bond acceptors (Lipinski definition) is 2. The van der Waals surface area contributed by atoms with Crippen LogP contribution in [0.2, 0.25) is 0 Å². The summed E-state index contributed by atoms with van der Waals surface area (Å²) < 4.78 is 0. The van der Waals surface area contributed by atoms with Crippen molar-refractivity contribution in [3.63, 3.8) is 0 Å². The van der Waals surface area contributed by atoms with Crippen molar-refractivity contribution in [2.75, 3.05) is 20.1 Å². The van der Waals surface area contributed by atoms with E-state index in [2.05, 4.69) is 37.5 Å². The maximum Gasteiger partial charge on any atom is 0.317 e. The number of rotatable bonds is 3. The molecular weight excluding hydrogens is 302 g/mol. The highest BCUT2D eigenvalue weighted by Crippen LogP contribution is 2.29. The second-order valence-electron chi connectivity index (χ2n) is 7.11.